The summed E-state index contributed by atoms with van der Waals surface area (Å²) < 4.78 is 0. The van der Waals surface area contributed by atoms with Gasteiger partial charge in [0.05, 0.1) is 24.6 Å². The van der Waals surface area contributed by atoms with Gasteiger partial charge in [-0.25, -0.2) is 4.79 Å². The molecule has 0 fully saturated rings. The predicted molar refractivity (Wildman–Crippen MR) is 124 cm³/mol. The van der Waals surface area contributed by atoms with E-state index in [1.165, 1.54) is 7.11 Å². The van der Waals surface area contributed by atoms with Crippen molar-refractivity contribution in [1.29, 1.82) is 0 Å². The summed E-state index contributed by atoms with van der Waals surface area (Å²) in [7, 11) is 1.35. The highest BCUT2D eigenvalue weighted by Gasteiger charge is 2.45. The zero-order valence-electron chi connectivity index (χ0n) is 18.8. The molecule has 0 saturated carbocycles. The van der Waals surface area contributed by atoms with Gasteiger partial charge < -0.3 is 15.7 Å². The fourth-order valence-corrected chi connectivity index (χ4v) is 3.85. The molecule has 1 heterocycles. The first-order chi connectivity index (χ1) is 15.8. The summed E-state index contributed by atoms with van der Waals surface area (Å²) in [5.74, 6) is -3.21. The Balaban J connectivity index is 2.18. The van der Waals surface area contributed by atoms with Gasteiger partial charge in [-0.15, -0.1) is 0 Å². The number of ketones is 1. The van der Waals surface area contributed by atoms with Crippen molar-refractivity contribution in [2.24, 2.45) is 16.6 Å². The van der Waals surface area contributed by atoms with Crippen molar-refractivity contribution in [3.8, 4) is 0 Å². The summed E-state index contributed by atoms with van der Waals surface area (Å²) >= 11 is 0. The first-order valence-corrected chi connectivity index (χ1v) is 10.7. The van der Waals surface area contributed by atoms with Crippen molar-refractivity contribution in [2.75, 3.05) is 12.0 Å². The topological polar surface area (TPSA) is 134 Å². The second-order valence-corrected chi connectivity index (χ2v) is 7.84. The zero-order valence-corrected chi connectivity index (χ0v) is 18.8. The quantitative estimate of drug-likeness (QED) is 0.390. The molecule has 1 aliphatic rings. The molecule has 9 heteroatoms. The van der Waals surface area contributed by atoms with Crippen LogP contribution in [0, 0.1) is 5.92 Å². The van der Waals surface area contributed by atoms with Gasteiger partial charge in [0.2, 0.25) is 0 Å². The Hall–Kier alpha value is -3.40. The molecule has 0 aromatic heterocycles. The number of Topliss-reactive ketones (excluding diaryl/α,β-unsaturated/α-hetero) is 1. The number of amides is 1. The number of carboxylic acid groups (broad SMARTS) is 1. The zero-order chi connectivity index (χ0) is 24.1. The highest BCUT2D eigenvalue weighted by molar-refractivity contribution is 6.23. The minimum atomic E-state index is -1.82. The van der Waals surface area contributed by atoms with Gasteiger partial charge in [0.15, 0.2) is 18.0 Å². The highest BCUT2D eigenvalue weighted by Crippen LogP contribution is 2.30. The molecule has 2 aromatic rings. The van der Waals surface area contributed by atoms with Crippen LogP contribution < -0.4 is 16.1 Å². The van der Waals surface area contributed by atoms with Crippen molar-refractivity contribution in [3.05, 3.63) is 65.7 Å². The largest absolute Gasteiger partial charge is 0.479 e. The van der Waals surface area contributed by atoms with E-state index < -0.39 is 35.9 Å². The van der Waals surface area contributed by atoms with Crippen molar-refractivity contribution >= 4 is 29.1 Å². The standard InChI is InChI=1S/C24H28N4O5/c1-4-14(2)18(27-33-3)21(29)20(24(31)32)28-17-13-9-8-12-16(17)19(26-22(25)23(28)30)15-10-6-5-7-11-15/h5-14,18,20,22,27H,4,25H2,1-3H3,(H,31,32)/t14-,18-,20-,22+/m0/s1. The summed E-state index contributed by atoms with van der Waals surface area (Å²) in [6.45, 7) is 3.67. The molecule has 0 aliphatic carbocycles. The van der Waals surface area contributed by atoms with Gasteiger partial charge in [0.25, 0.3) is 5.91 Å². The van der Waals surface area contributed by atoms with Crippen molar-refractivity contribution in [3.63, 3.8) is 0 Å². The molecule has 0 saturated heterocycles. The van der Waals surface area contributed by atoms with Crippen LogP contribution in [-0.4, -0.2) is 53.8 Å². The summed E-state index contributed by atoms with van der Waals surface area (Å²) in [6.07, 6.45) is -0.801. The molecule has 0 unspecified atom stereocenters. The Morgan fingerprint density at radius 2 is 1.82 bits per heavy atom. The number of aliphatic imine (C=N–C) groups is 1. The van der Waals surface area contributed by atoms with Crippen LogP contribution in [0.5, 0.6) is 0 Å². The molecule has 1 amide bonds. The van der Waals surface area contributed by atoms with Gasteiger partial charge >= 0.3 is 5.97 Å². The Kier molecular flexibility index (Phi) is 7.70. The fraction of sp³-hybridized carbons (Fsp3) is 0.333. The Morgan fingerprint density at radius 3 is 2.42 bits per heavy atom. The maximum Gasteiger partial charge on any atom is 0.334 e. The number of nitrogens with one attached hydrogen (secondary N) is 1. The lowest BCUT2D eigenvalue weighted by atomic mass is 9.91. The van der Waals surface area contributed by atoms with Gasteiger partial charge in [-0.2, -0.15) is 5.48 Å². The minimum absolute atomic E-state index is 0.249. The average molecular weight is 453 g/mol. The van der Waals surface area contributed by atoms with Crippen molar-refractivity contribution in [2.45, 2.75) is 38.5 Å². The van der Waals surface area contributed by atoms with E-state index in [1.807, 2.05) is 37.3 Å². The van der Waals surface area contributed by atoms with E-state index in [1.54, 1.807) is 31.2 Å². The number of para-hydroxylation sites is 1. The lowest BCUT2D eigenvalue weighted by Gasteiger charge is -2.32. The number of hydrogen-bond donors (Lipinski definition) is 3. The van der Waals surface area contributed by atoms with Crippen molar-refractivity contribution in [1.82, 2.24) is 5.48 Å². The summed E-state index contributed by atoms with van der Waals surface area (Å²) in [5, 5.41) is 10.1. The first-order valence-electron chi connectivity index (χ1n) is 10.7. The number of benzene rings is 2. The number of nitrogens with two attached hydrogens (primary N) is 1. The highest BCUT2D eigenvalue weighted by atomic mass is 16.6. The van der Waals surface area contributed by atoms with Gasteiger partial charge in [-0.3, -0.25) is 19.5 Å². The van der Waals surface area contributed by atoms with E-state index in [4.69, 9.17) is 10.6 Å². The Labute approximate surface area is 192 Å². The van der Waals surface area contributed by atoms with Gasteiger partial charge in [-0.05, 0) is 12.0 Å². The molecule has 0 bridgehead atoms. The van der Waals surface area contributed by atoms with E-state index >= 15 is 0 Å². The van der Waals surface area contributed by atoms with Crippen LogP contribution in [0.15, 0.2) is 59.6 Å². The SMILES string of the molecule is CC[C@H](C)[C@H](NOC)C(=O)[C@@H](C(=O)O)N1C(=O)[C@H](N)N=C(c2ccccc2)c2ccccc21. The molecular weight excluding hydrogens is 424 g/mol. The third-order valence-electron chi connectivity index (χ3n) is 5.75. The molecule has 174 valence electrons. The molecule has 9 nitrogen and oxygen atoms in total. The third-order valence-corrected chi connectivity index (χ3v) is 5.75. The Bertz CT molecular complexity index is 1060. The Morgan fingerprint density at radius 1 is 1.18 bits per heavy atom. The number of benzodiazepines with no additional fused rings is 1. The van der Waals surface area contributed by atoms with E-state index in [9.17, 15) is 19.5 Å². The second-order valence-electron chi connectivity index (χ2n) is 7.84. The van der Waals surface area contributed by atoms with E-state index in [-0.39, 0.29) is 11.6 Å². The molecular formula is C24H28N4O5. The average Bonchev–Trinajstić information content (AvgIpc) is 2.93. The number of hydrogen-bond acceptors (Lipinski definition) is 7. The number of nitrogens with zero attached hydrogens (tertiary/aromatic N) is 2. The van der Waals surface area contributed by atoms with Crippen LogP contribution in [0.2, 0.25) is 0 Å². The van der Waals surface area contributed by atoms with Crippen LogP contribution in [0.1, 0.15) is 31.4 Å². The normalized spacial score (nSPS) is 18.5. The number of rotatable bonds is 9. The van der Waals surface area contributed by atoms with E-state index in [0.29, 0.717) is 23.3 Å². The number of anilines is 1. The number of aliphatic carboxylic acids is 1. The smallest absolute Gasteiger partial charge is 0.334 e. The number of hydroxylamine groups is 1. The van der Waals surface area contributed by atoms with Crippen LogP contribution in [0.3, 0.4) is 0 Å². The number of fused-ring (bicyclic) bond motifs is 1. The molecule has 4 atom stereocenters. The number of carbonyl (C=O) groups is 3. The third kappa shape index (κ3) is 4.85. The molecule has 33 heavy (non-hydrogen) atoms. The van der Waals surface area contributed by atoms with Crippen LogP contribution in [0.4, 0.5) is 5.69 Å². The van der Waals surface area contributed by atoms with Crippen LogP contribution in [-0.2, 0) is 19.2 Å². The molecule has 3 rings (SSSR count). The second kappa shape index (κ2) is 10.5. The number of carboxylic acids is 1. The first kappa shape index (κ1) is 24.2. The molecule has 0 spiro atoms. The van der Waals surface area contributed by atoms with E-state index in [2.05, 4.69) is 10.5 Å². The predicted octanol–water partition coefficient (Wildman–Crippen LogP) is 1.74. The fourth-order valence-electron chi connectivity index (χ4n) is 3.85. The van der Waals surface area contributed by atoms with Gasteiger partial charge in [0.1, 0.15) is 0 Å². The number of carbonyl (C=O) groups excluding carboxylic acids is 2. The van der Waals surface area contributed by atoms with Gasteiger partial charge in [-0.1, -0.05) is 68.8 Å². The van der Waals surface area contributed by atoms with Crippen LogP contribution >= 0.6 is 0 Å². The van der Waals surface area contributed by atoms with Gasteiger partial charge in [0, 0.05) is 11.1 Å². The molecule has 2 aromatic carbocycles. The van der Waals surface area contributed by atoms with E-state index in [0.717, 1.165) is 4.90 Å². The molecule has 4 N–H and O–H groups in total. The molecule has 1 aliphatic heterocycles. The minimum Gasteiger partial charge on any atom is -0.479 e. The lowest BCUT2D eigenvalue weighted by molar-refractivity contribution is -0.146. The monoisotopic (exact) mass is 452 g/mol. The molecule has 0 radical (unpaired) electrons. The summed E-state index contributed by atoms with van der Waals surface area (Å²) in [6, 6.07) is 13.1. The lowest BCUT2D eigenvalue weighted by Crippen LogP contribution is -2.59. The van der Waals surface area contributed by atoms with Crippen LogP contribution in [0.25, 0.3) is 0 Å². The maximum atomic E-state index is 13.5. The van der Waals surface area contributed by atoms with Crippen molar-refractivity contribution < 1.29 is 24.3 Å². The maximum absolute atomic E-state index is 13.5. The summed E-state index contributed by atoms with van der Waals surface area (Å²) in [5.41, 5.74) is 10.6. The summed E-state index contributed by atoms with van der Waals surface area (Å²) in [4.78, 5) is 49.6.